The van der Waals surface area contributed by atoms with Crippen LogP contribution in [0.15, 0.2) is 18.2 Å². The summed E-state index contributed by atoms with van der Waals surface area (Å²) >= 11 is 0. The van der Waals surface area contributed by atoms with E-state index in [4.69, 9.17) is 0 Å². The molecule has 8 heteroatoms. The fraction of sp³-hybridized carbons (Fsp3) is 0.696. The van der Waals surface area contributed by atoms with E-state index in [0.717, 1.165) is 58.9 Å². The van der Waals surface area contributed by atoms with Crippen LogP contribution in [0.1, 0.15) is 44.2 Å². The number of anilines is 1. The highest BCUT2D eigenvalue weighted by molar-refractivity contribution is 5.69. The molecular weight excluding hydrogens is 407 g/mol. The third-order valence-electron chi connectivity index (χ3n) is 7.14. The predicted octanol–water partition coefficient (Wildman–Crippen LogP) is 4.44. The highest BCUT2D eigenvalue weighted by Gasteiger charge is 2.49. The molecule has 0 aliphatic carbocycles. The fourth-order valence-corrected chi connectivity index (χ4v) is 5.20. The molecule has 31 heavy (non-hydrogen) atoms. The topological polar surface area (TPSA) is 36.0 Å². The number of amides is 1. The molecule has 3 heterocycles. The molecular formula is C23H32F3N3O2. The molecule has 1 aromatic carbocycles. The number of ether oxygens (including phenoxy) is 1. The maximum atomic E-state index is 12.6. The minimum atomic E-state index is -4.52. The van der Waals surface area contributed by atoms with Gasteiger partial charge in [0.2, 0.25) is 0 Å². The number of hydrogen-bond donors (Lipinski definition) is 0. The van der Waals surface area contributed by atoms with E-state index >= 15 is 0 Å². The van der Waals surface area contributed by atoms with Gasteiger partial charge in [0, 0.05) is 43.8 Å². The van der Waals surface area contributed by atoms with Crippen LogP contribution in [0, 0.1) is 5.41 Å². The molecule has 0 aromatic heterocycles. The third kappa shape index (κ3) is 4.64. The molecule has 0 bridgehead atoms. The minimum Gasteiger partial charge on any atom is -0.437 e. The Morgan fingerprint density at radius 1 is 1.19 bits per heavy atom. The van der Waals surface area contributed by atoms with Gasteiger partial charge >= 0.3 is 12.3 Å². The van der Waals surface area contributed by atoms with E-state index in [0.29, 0.717) is 13.1 Å². The van der Waals surface area contributed by atoms with Gasteiger partial charge in [0.1, 0.15) is 0 Å². The van der Waals surface area contributed by atoms with Crippen molar-refractivity contribution >= 4 is 11.8 Å². The zero-order valence-electron chi connectivity index (χ0n) is 18.4. The molecule has 3 aliphatic heterocycles. The Morgan fingerprint density at radius 2 is 1.90 bits per heavy atom. The van der Waals surface area contributed by atoms with Gasteiger partial charge in [-0.25, -0.2) is 4.79 Å². The number of piperidine rings is 1. The van der Waals surface area contributed by atoms with Crippen molar-refractivity contribution in [1.82, 2.24) is 9.80 Å². The predicted molar refractivity (Wildman–Crippen MR) is 113 cm³/mol. The summed E-state index contributed by atoms with van der Waals surface area (Å²) in [6.45, 7) is 9.00. The first kappa shape index (κ1) is 22.2. The van der Waals surface area contributed by atoms with Gasteiger partial charge in [-0.3, -0.25) is 4.90 Å². The molecule has 0 saturated carbocycles. The van der Waals surface area contributed by atoms with Crippen LogP contribution in [0.5, 0.6) is 0 Å². The lowest BCUT2D eigenvalue weighted by molar-refractivity contribution is -0.202. The number of carbonyl (C=O) groups excluding carboxylic acids is 1. The van der Waals surface area contributed by atoms with Crippen LogP contribution in [0.3, 0.4) is 0 Å². The van der Waals surface area contributed by atoms with Crippen molar-refractivity contribution in [3.8, 4) is 0 Å². The Balaban J connectivity index is 1.30. The lowest BCUT2D eigenvalue weighted by atomic mass is 9.72. The molecule has 0 N–H and O–H groups in total. The molecule has 2 fully saturated rings. The highest BCUT2D eigenvalue weighted by atomic mass is 19.4. The molecule has 1 atom stereocenters. The first-order valence-electron chi connectivity index (χ1n) is 11.3. The number of benzene rings is 1. The maximum Gasteiger partial charge on any atom is 0.425 e. The van der Waals surface area contributed by atoms with Crippen LogP contribution in [0.25, 0.3) is 0 Å². The monoisotopic (exact) mass is 439 g/mol. The van der Waals surface area contributed by atoms with Gasteiger partial charge in [-0.1, -0.05) is 18.2 Å². The summed E-state index contributed by atoms with van der Waals surface area (Å²) in [5.41, 5.74) is 4.27. The molecule has 4 rings (SSSR count). The van der Waals surface area contributed by atoms with Gasteiger partial charge in [-0.15, -0.1) is 0 Å². The molecule has 1 unspecified atom stereocenters. The molecule has 1 spiro atoms. The number of para-hydroxylation sites is 1. The number of rotatable bonds is 4. The van der Waals surface area contributed by atoms with Crippen LogP contribution in [-0.2, 0) is 17.7 Å². The fourth-order valence-electron chi connectivity index (χ4n) is 5.20. The lowest BCUT2D eigenvalue weighted by Gasteiger charge is -2.53. The van der Waals surface area contributed by atoms with Crippen LogP contribution in [0.2, 0.25) is 0 Å². The lowest BCUT2D eigenvalue weighted by Crippen LogP contribution is -2.62. The van der Waals surface area contributed by atoms with Gasteiger partial charge in [0.05, 0.1) is 0 Å². The molecule has 3 aliphatic rings. The Hall–Kier alpha value is -1.96. The van der Waals surface area contributed by atoms with E-state index in [1.165, 1.54) is 28.1 Å². The number of aryl methyl sites for hydroxylation is 1. The molecule has 1 aromatic rings. The summed E-state index contributed by atoms with van der Waals surface area (Å²) in [6.07, 6.45) is -3.19. The first-order valence-corrected chi connectivity index (χ1v) is 11.3. The zero-order chi connectivity index (χ0) is 22.2. The Kier molecular flexibility index (Phi) is 6.12. The second-order valence-electron chi connectivity index (χ2n) is 9.31. The Labute approximate surface area is 182 Å². The second-order valence-corrected chi connectivity index (χ2v) is 9.31. The van der Waals surface area contributed by atoms with E-state index in [1.54, 1.807) is 0 Å². The number of hydrogen-bond acceptors (Lipinski definition) is 4. The van der Waals surface area contributed by atoms with Crippen molar-refractivity contribution in [1.29, 1.82) is 0 Å². The standard InChI is InChI=1S/C23H32F3N3O2/c1-3-28-11-5-8-18-6-4-7-19(20(18)28)14-27-12-9-22(10-13-27)15-29(16-22)21(30)31-17(2)23(24,25)26/h4,6-7,17H,3,5,8-16H2,1-2H3. The van der Waals surface area contributed by atoms with Crippen LogP contribution >= 0.6 is 0 Å². The number of fused-ring (bicyclic) bond motifs is 1. The summed E-state index contributed by atoms with van der Waals surface area (Å²) in [6, 6.07) is 6.64. The Bertz CT molecular complexity index is 798. The number of nitrogens with zero attached hydrogens (tertiary/aromatic N) is 3. The molecule has 0 radical (unpaired) electrons. The van der Waals surface area contributed by atoms with Gasteiger partial charge in [0.15, 0.2) is 6.10 Å². The quantitative estimate of drug-likeness (QED) is 0.695. The average molecular weight is 440 g/mol. The number of carbonyl (C=O) groups is 1. The molecule has 172 valence electrons. The summed E-state index contributed by atoms with van der Waals surface area (Å²) in [5.74, 6) is 0. The normalized spacial score (nSPS) is 22.1. The van der Waals surface area contributed by atoms with Crippen LogP contribution < -0.4 is 4.90 Å². The van der Waals surface area contributed by atoms with Gasteiger partial charge < -0.3 is 14.5 Å². The Morgan fingerprint density at radius 3 is 2.55 bits per heavy atom. The first-order chi connectivity index (χ1) is 14.7. The highest BCUT2D eigenvalue weighted by Crippen LogP contribution is 2.42. The van der Waals surface area contributed by atoms with E-state index in [1.807, 2.05) is 0 Å². The van der Waals surface area contributed by atoms with Crippen molar-refractivity contribution in [2.45, 2.75) is 58.4 Å². The van der Waals surface area contributed by atoms with Gasteiger partial charge in [-0.2, -0.15) is 13.2 Å². The summed E-state index contributed by atoms with van der Waals surface area (Å²) < 4.78 is 42.4. The average Bonchev–Trinajstić information content (AvgIpc) is 2.71. The molecule has 2 saturated heterocycles. The summed E-state index contributed by atoms with van der Waals surface area (Å²) in [7, 11) is 0. The summed E-state index contributed by atoms with van der Waals surface area (Å²) in [5, 5.41) is 0. The SMILES string of the molecule is CCN1CCCc2cccc(CN3CCC4(CC3)CN(C(=O)OC(C)C(F)(F)F)C4)c21. The van der Waals surface area contributed by atoms with Gasteiger partial charge in [-0.05, 0) is 63.7 Å². The van der Waals surface area contributed by atoms with Crippen molar-refractivity contribution in [2.75, 3.05) is 44.2 Å². The largest absolute Gasteiger partial charge is 0.437 e. The van der Waals surface area contributed by atoms with Crippen molar-refractivity contribution < 1.29 is 22.7 Å². The van der Waals surface area contributed by atoms with Crippen LogP contribution in [-0.4, -0.2) is 67.4 Å². The smallest absolute Gasteiger partial charge is 0.425 e. The minimum absolute atomic E-state index is 0.0303. The van der Waals surface area contributed by atoms with E-state index in [9.17, 15) is 18.0 Å². The van der Waals surface area contributed by atoms with Crippen molar-refractivity contribution in [2.24, 2.45) is 5.41 Å². The second kappa shape index (κ2) is 8.52. The third-order valence-corrected chi connectivity index (χ3v) is 7.14. The van der Waals surface area contributed by atoms with Crippen molar-refractivity contribution in [3.63, 3.8) is 0 Å². The molecule has 5 nitrogen and oxygen atoms in total. The number of likely N-dealkylation sites (tertiary alicyclic amines) is 2. The van der Waals surface area contributed by atoms with E-state index in [-0.39, 0.29) is 5.41 Å². The summed E-state index contributed by atoms with van der Waals surface area (Å²) in [4.78, 5) is 18.4. The number of halogens is 3. The van der Waals surface area contributed by atoms with E-state index < -0.39 is 18.4 Å². The molecule has 1 amide bonds. The zero-order valence-corrected chi connectivity index (χ0v) is 18.4. The number of alkyl halides is 3. The van der Waals surface area contributed by atoms with Crippen molar-refractivity contribution in [3.05, 3.63) is 29.3 Å². The van der Waals surface area contributed by atoms with E-state index in [2.05, 4.69) is 39.7 Å². The maximum absolute atomic E-state index is 12.6. The van der Waals surface area contributed by atoms with Crippen LogP contribution in [0.4, 0.5) is 23.7 Å². The van der Waals surface area contributed by atoms with Gasteiger partial charge in [0.25, 0.3) is 0 Å².